The van der Waals surface area contributed by atoms with Gasteiger partial charge in [0.05, 0.1) is 23.0 Å². The molecule has 7 heteroatoms. The molecule has 2 rings (SSSR count). The van der Waals surface area contributed by atoms with E-state index in [-0.39, 0.29) is 12.0 Å². The first-order chi connectivity index (χ1) is 9.58. The van der Waals surface area contributed by atoms with Crippen molar-refractivity contribution in [3.05, 3.63) is 52.3 Å². The van der Waals surface area contributed by atoms with Crippen LogP contribution in [0, 0.1) is 11.6 Å². The Hall–Kier alpha value is -1.50. The van der Waals surface area contributed by atoms with Crippen molar-refractivity contribution in [1.29, 1.82) is 0 Å². The van der Waals surface area contributed by atoms with Gasteiger partial charge in [0.25, 0.3) is 0 Å². The lowest BCUT2D eigenvalue weighted by molar-refractivity contribution is 0.466. The van der Waals surface area contributed by atoms with Gasteiger partial charge in [-0.3, -0.25) is 16.0 Å². The Balaban J connectivity index is 2.36. The summed E-state index contributed by atoms with van der Waals surface area (Å²) >= 11 is 6.08. The molecule has 4 nitrogen and oxygen atoms in total. The van der Waals surface area contributed by atoms with Crippen molar-refractivity contribution in [1.82, 2.24) is 15.2 Å². The number of hydrogen-bond acceptors (Lipinski definition) is 3. The molecule has 1 atom stereocenters. The number of aromatic nitrogens is 2. The molecule has 0 fully saturated rings. The molecule has 0 spiro atoms. The fourth-order valence-electron chi connectivity index (χ4n) is 2.14. The van der Waals surface area contributed by atoms with Crippen LogP contribution >= 0.6 is 11.6 Å². The van der Waals surface area contributed by atoms with Gasteiger partial charge in [0, 0.05) is 18.5 Å². The third kappa shape index (κ3) is 2.82. The van der Waals surface area contributed by atoms with E-state index >= 15 is 0 Å². The lowest BCUT2D eigenvalue weighted by atomic mass is 10.0. The number of rotatable bonds is 5. The van der Waals surface area contributed by atoms with Crippen LogP contribution in [0.4, 0.5) is 8.78 Å². The lowest BCUT2D eigenvalue weighted by Gasteiger charge is -2.18. The summed E-state index contributed by atoms with van der Waals surface area (Å²) in [6.07, 6.45) is 1.53. The summed E-state index contributed by atoms with van der Waals surface area (Å²) < 4.78 is 29.1. The first-order valence-corrected chi connectivity index (χ1v) is 6.56. The molecule has 1 unspecified atom stereocenters. The SMILES string of the molecule is CCn1ncc(Cl)c1C(Cc1c(F)cccc1F)NN. The van der Waals surface area contributed by atoms with Crippen LogP contribution < -0.4 is 11.3 Å². The predicted octanol–water partition coefficient (Wildman–Crippen LogP) is 2.58. The van der Waals surface area contributed by atoms with Gasteiger partial charge in [-0.25, -0.2) is 8.78 Å². The van der Waals surface area contributed by atoms with Crippen LogP contribution in [0.15, 0.2) is 24.4 Å². The largest absolute Gasteiger partial charge is 0.271 e. The van der Waals surface area contributed by atoms with E-state index < -0.39 is 17.7 Å². The smallest absolute Gasteiger partial charge is 0.129 e. The van der Waals surface area contributed by atoms with Crippen molar-refractivity contribution >= 4 is 11.6 Å². The first kappa shape index (κ1) is 14.9. The van der Waals surface area contributed by atoms with Gasteiger partial charge in [-0.15, -0.1) is 0 Å². The normalized spacial score (nSPS) is 12.7. The van der Waals surface area contributed by atoms with E-state index in [1.807, 2.05) is 6.92 Å². The zero-order valence-corrected chi connectivity index (χ0v) is 11.7. The van der Waals surface area contributed by atoms with E-state index in [1.165, 1.54) is 24.4 Å². The molecule has 0 saturated carbocycles. The maximum absolute atomic E-state index is 13.7. The number of nitrogens with two attached hydrogens (primary N) is 1. The predicted molar refractivity (Wildman–Crippen MR) is 73.0 cm³/mol. The highest BCUT2D eigenvalue weighted by atomic mass is 35.5. The number of hydrazine groups is 1. The Morgan fingerprint density at radius 3 is 2.60 bits per heavy atom. The van der Waals surface area contributed by atoms with Gasteiger partial charge in [0.1, 0.15) is 11.6 Å². The second-order valence-corrected chi connectivity index (χ2v) is 4.72. The number of hydrogen-bond donors (Lipinski definition) is 2. The fraction of sp³-hybridized carbons (Fsp3) is 0.308. The van der Waals surface area contributed by atoms with Crippen LogP contribution in [-0.4, -0.2) is 9.78 Å². The molecule has 2 aromatic rings. The fourth-order valence-corrected chi connectivity index (χ4v) is 2.41. The van der Waals surface area contributed by atoms with E-state index in [0.29, 0.717) is 17.3 Å². The van der Waals surface area contributed by atoms with Crippen molar-refractivity contribution in [3.63, 3.8) is 0 Å². The van der Waals surface area contributed by atoms with E-state index in [9.17, 15) is 8.78 Å². The highest BCUT2D eigenvalue weighted by molar-refractivity contribution is 6.31. The standard InChI is InChI=1S/C13H15ClF2N4/c1-2-20-13(9(14)7-18-20)12(19-17)6-8-10(15)4-3-5-11(8)16/h3-5,7,12,19H,2,6,17H2,1H3. The van der Waals surface area contributed by atoms with E-state index in [4.69, 9.17) is 17.4 Å². The monoisotopic (exact) mass is 300 g/mol. The molecular weight excluding hydrogens is 286 g/mol. The topological polar surface area (TPSA) is 55.9 Å². The summed E-state index contributed by atoms with van der Waals surface area (Å²) in [5, 5.41) is 4.50. The molecule has 1 aromatic heterocycles. The molecule has 0 amide bonds. The molecule has 0 aliphatic rings. The second-order valence-electron chi connectivity index (χ2n) is 4.32. The van der Waals surface area contributed by atoms with Crippen LogP contribution in [0.5, 0.6) is 0 Å². The van der Waals surface area contributed by atoms with Gasteiger partial charge in [-0.05, 0) is 19.1 Å². The molecule has 0 saturated heterocycles. The molecule has 0 aliphatic carbocycles. The summed E-state index contributed by atoms with van der Waals surface area (Å²) in [5.41, 5.74) is 3.12. The van der Waals surface area contributed by atoms with Crippen molar-refractivity contribution in [2.45, 2.75) is 25.9 Å². The molecule has 1 heterocycles. The third-order valence-electron chi connectivity index (χ3n) is 3.13. The van der Waals surface area contributed by atoms with Crippen molar-refractivity contribution in [2.24, 2.45) is 5.84 Å². The Morgan fingerprint density at radius 2 is 2.05 bits per heavy atom. The summed E-state index contributed by atoms with van der Waals surface area (Å²) in [4.78, 5) is 0. The molecule has 1 aromatic carbocycles. The summed E-state index contributed by atoms with van der Waals surface area (Å²) in [7, 11) is 0. The molecular formula is C13H15ClF2N4. The van der Waals surface area contributed by atoms with Gasteiger partial charge in [0.2, 0.25) is 0 Å². The third-order valence-corrected chi connectivity index (χ3v) is 3.43. The minimum absolute atomic E-state index is 0.0321. The Kier molecular flexibility index (Phi) is 4.69. The average molecular weight is 301 g/mol. The van der Waals surface area contributed by atoms with Crippen molar-refractivity contribution in [3.8, 4) is 0 Å². The number of nitrogens with zero attached hydrogens (tertiary/aromatic N) is 2. The Bertz CT molecular complexity index is 580. The number of aryl methyl sites for hydroxylation is 1. The van der Waals surface area contributed by atoms with Crippen LogP contribution in [-0.2, 0) is 13.0 Å². The number of benzene rings is 1. The lowest BCUT2D eigenvalue weighted by Crippen LogP contribution is -2.32. The van der Waals surface area contributed by atoms with E-state index in [2.05, 4.69) is 10.5 Å². The maximum atomic E-state index is 13.7. The first-order valence-electron chi connectivity index (χ1n) is 6.18. The highest BCUT2D eigenvalue weighted by Gasteiger charge is 2.22. The summed E-state index contributed by atoms with van der Waals surface area (Å²) in [6.45, 7) is 2.48. The van der Waals surface area contributed by atoms with Gasteiger partial charge in [0.15, 0.2) is 0 Å². The van der Waals surface area contributed by atoms with Crippen molar-refractivity contribution < 1.29 is 8.78 Å². The minimum Gasteiger partial charge on any atom is -0.271 e. The number of nitrogens with one attached hydrogen (secondary N) is 1. The number of halogens is 3. The zero-order chi connectivity index (χ0) is 14.7. The van der Waals surface area contributed by atoms with Crippen molar-refractivity contribution in [2.75, 3.05) is 0 Å². The second kappa shape index (κ2) is 6.30. The van der Waals surface area contributed by atoms with Crippen LogP contribution in [0.1, 0.15) is 24.2 Å². The van der Waals surface area contributed by atoms with E-state index in [1.54, 1.807) is 4.68 Å². The Labute approximate surface area is 120 Å². The van der Waals surface area contributed by atoms with Gasteiger partial charge in [-0.2, -0.15) is 5.10 Å². The molecule has 108 valence electrons. The highest BCUT2D eigenvalue weighted by Crippen LogP contribution is 2.27. The van der Waals surface area contributed by atoms with Crippen LogP contribution in [0.25, 0.3) is 0 Å². The zero-order valence-electron chi connectivity index (χ0n) is 10.9. The molecule has 0 bridgehead atoms. The minimum atomic E-state index is -0.607. The van der Waals surface area contributed by atoms with Gasteiger partial charge < -0.3 is 0 Å². The molecule has 3 N–H and O–H groups in total. The quantitative estimate of drug-likeness (QED) is 0.659. The maximum Gasteiger partial charge on any atom is 0.129 e. The Morgan fingerprint density at radius 1 is 1.40 bits per heavy atom. The molecule has 0 aliphatic heterocycles. The average Bonchev–Trinajstić information content (AvgIpc) is 2.80. The van der Waals surface area contributed by atoms with E-state index in [0.717, 1.165) is 0 Å². The summed E-state index contributed by atoms with van der Waals surface area (Å²) in [5.74, 6) is 4.29. The molecule has 0 radical (unpaired) electrons. The van der Waals surface area contributed by atoms with Gasteiger partial charge >= 0.3 is 0 Å². The van der Waals surface area contributed by atoms with Crippen LogP contribution in [0.2, 0.25) is 5.02 Å². The van der Waals surface area contributed by atoms with Gasteiger partial charge in [-0.1, -0.05) is 17.7 Å². The van der Waals surface area contributed by atoms with Crippen LogP contribution in [0.3, 0.4) is 0 Å². The molecule has 20 heavy (non-hydrogen) atoms. The summed E-state index contributed by atoms with van der Waals surface area (Å²) in [6, 6.07) is 3.22.